The van der Waals surface area contributed by atoms with Gasteiger partial charge in [0.1, 0.15) is 0 Å². The van der Waals surface area contributed by atoms with Crippen LogP contribution in [0.25, 0.3) is 0 Å². The molecule has 1 N–H and O–H groups in total. The molecule has 0 unspecified atom stereocenters. The van der Waals surface area contributed by atoms with Gasteiger partial charge in [0.15, 0.2) is 0 Å². The molecule has 0 bridgehead atoms. The van der Waals surface area contributed by atoms with Gasteiger partial charge in [-0.25, -0.2) is 0 Å². The minimum atomic E-state index is 0.236. The molecule has 82 valence electrons. The van der Waals surface area contributed by atoms with Crippen molar-refractivity contribution in [2.75, 3.05) is 32.8 Å². The summed E-state index contributed by atoms with van der Waals surface area (Å²) in [6.45, 7) is 9.86. The molecule has 0 aromatic heterocycles. The predicted octanol–water partition coefficient (Wildman–Crippen LogP) is 0.849. The zero-order valence-electron chi connectivity index (χ0n) is 9.38. The largest absolute Gasteiger partial charge is 0.378 e. The van der Waals surface area contributed by atoms with Crippen LogP contribution in [0.1, 0.15) is 26.7 Å². The Kier molecular flexibility index (Phi) is 3.10. The van der Waals surface area contributed by atoms with E-state index in [1.165, 1.54) is 25.9 Å². The Morgan fingerprint density at radius 1 is 1.29 bits per heavy atom. The van der Waals surface area contributed by atoms with Gasteiger partial charge >= 0.3 is 0 Å². The van der Waals surface area contributed by atoms with Crippen molar-refractivity contribution in [2.45, 2.75) is 38.3 Å². The quantitative estimate of drug-likeness (QED) is 0.676. The molecule has 0 spiro atoms. The third-order valence-electron chi connectivity index (χ3n) is 3.46. The van der Waals surface area contributed by atoms with Crippen LogP contribution in [0.5, 0.6) is 0 Å². The summed E-state index contributed by atoms with van der Waals surface area (Å²) in [4.78, 5) is 2.65. The first kappa shape index (κ1) is 10.4. The second-order valence-corrected chi connectivity index (χ2v) is 5.04. The Labute approximate surface area is 86.8 Å². The molecular formula is C11H22N2O. The summed E-state index contributed by atoms with van der Waals surface area (Å²) in [6.07, 6.45) is 2.59. The van der Waals surface area contributed by atoms with Gasteiger partial charge in [0.25, 0.3) is 0 Å². The van der Waals surface area contributed by atoms with E-state index >= 15 is 0 Å². The molecule has 2 fully saturated rings. The van der Waals surface area contributed by atoms with Crippen molar-refractivity contribution in [1.82, 2.24) is 10.2 Å². The van der Waals surface area contributed by atoms with E-state index in [-0.39, 0.29) is 5.54 Å². The van der Waals surface area contributed by atoms with Crippen molar-refractivity contribution in [3.05, 3.63) is 0 Å². The number of morpholine rings is 1. The van der Waals surface area contributed by atoms with E-state index in [4.69, 9.17) is 4.74 Å². The Hall–Kier alpha value is -0.120. The van der Waals surface area contributed by atoms with E-state index in [9.17, 15) is 0 Å². The average molecular weight is 198 g/mol. The number of piperidine rings is 1. The average Bonchev–Trinajstić information content (AvgIpc) is 2.18. The highest BCUT2D eigenvalue weighted by molar-refractivity contribution is 4.90. The number of hydrogen-bond donors (Lipinski definition) is 1. The van der Waals surface area contributed by atoms with Crippen molar-refractivity contribution in [2.24, 2.45) is 0 Å². The lowest BCUT2D eigenvalue weighted by Gasteiger charge is -2.47. The summed E-state index contributed by atoms with van der Waals surface area (Å²) < 4.78 is 5.55. The Morgan fingerprint density at radius 3 is 2.64 bits per heavy atom. The molecule has 0 aromatic rings. The first-order valence-corrected chi connectivity index (χ1v) is 5.75. The van der Waals surface area contributed by atoms with Gasteiger partial charge in [-0.3, -0.25) is 4.90 Å². The van der Waals surface area contributed by atoms with Gasteiger partial charge in [0, 0.05) is 18.1 Å². The summed E-state index contributed by atoms with van der Waals surface area (Å²) in [5, 5.41) is 3.42. The van der Waals surface area contributed by atoms with Crippen molar-refractivity contribution in [1.29, 1.82) is 0 Å². The van der Waals surface area contributed by atoms with Crippen molar-refractivity contribution in [3.63, 3.8) is 0 Å². The fourth-order valence-corrected chi connectivity index (χ4v) is 2.67. The van der Waals surface area contributed by atoms with Crippen molar-refractivity contribution >= 4 is 0 Å². The zero-order chi connectivity index (χ0) is 10.0. The van der Waals surface area contributed by atoms with E-state index in [1.54, 1.807) is 0 Å². The highest BCUT2D eigenvalue weighted by Crippen LogP contribution is 2.25. The summed E-state index contributed by atoms with van der Waals surface area (Å²) >= 11 is 0. The van der Waals surface area contributed by atoms with Crippen LogP contribution in [0.4, 0.5) is 0 Å². The molecule has 0 amide bonds. The van der Waals surface area contributed by atoms with Crippen molar-refractivity contribution in [3.8, 4) is 0 Å². The minimum Gasteiger partial charge on any atom is -0.378 e. The van der Waals surface area contributed by atoms with E-state index in [0.717, 1.165) is 25.8 Å². The third-order valence-corrected chi connectivity index (χ3v) is 3.46. The van der Waals surface area contributed by atoms with Crippen LogP contribution < -0.4 is 5.32 Å². The van der Waals surface area contributed by atoms with Crippen LogP contribution in [-0.4, -0.2) is 49.3 Å². The molecule has 0 aromatic carbocycles. The third kappa shape index (κ3) is 2.10. The lowest BCUT2D eigenvalue weighted by atomic mass is 9.95. The molecule has 2 heterocycles. The summed E-state index contributed by atoms with van der Waals surface area (Å²) in [7, 11) is 0. The molecule has 0 saturated carbocycles. The molecule has 3 nitrogen and oxygen atoms in total. The standard InChI is InChI=1S/C11H22N2O/c1-11(2)9-14-8-7-13(11)10-3-5-12-6-4-10/h10,12H,3-9H2,1-2H3. The predicted molar refractivity (Wildman–Crippen MR) is 57.5 cm³/mol. The van der Waals surface area contributed by atoms with Gasteiger partial charge in [-0.15, -0.1) is 0 Å². The van der Waals surface area contributed by atoms with E-state index in [0.29, 0.717) is 0 Å². The SMILES string of the molecule is CC1(C)COCCN1C1CCNCC1. The van der Waals surface area contributed by atoms with Gasteiger partial charge in [-0.2, -0.15) is 0 Å². The van der Waals surface area contributed by atoms with Gasteiger partial charge < -0.3 is 10.1 Å². The van der Waals surface area contributed by atoms with Crippen LogP contribution in [-0.2, 0) is 4.74 Å². The highest BCUT2D eigenvalue weighted by atomic mass is 16.5. The second-order valence-electron chi connectivity index (χ2n) is 5.04. The van der Waals surface area contributed by atoms with Gasteiger partial charge in [-0.05, 0) is 39.8 Å². The number of nitrogens with one attached hydrogen (secondary N) is 1. The molecule has 2 aliphatic heterocycles. The van der Waals surface area contributed by atoms with Crippen LogP contribution >= 0.6 is 0 Å². The fraction of sp³-hybridized carbons (Fsp3) is 1.00. The smallest absolute Gasteiger partial charge is 0.0645 e. The van der Waals surface area contributed by atoms with Crippen LogP contribution in [0.3, 0.4) is 0 Å². The van der Waals surface area contributed by atoms with Gasteiger partial charge in [-0.1, -0.05) is 0 Å². The number of ether oxygens (including phenoxy) is 1. The van der Waals surface area contributed by atoms with E-state index < -0.39 is 0 Å². The van der Waals surface area contributed by atoms with Crippen LogP contribution in [0.15, 0.2) is 0 Å². The lowest BCUT2D eigenvalue weighted by Crippen LogP contribution is -2.58. The Bertz CT molecular complexity index is 188. The molecule has 0 aliphatic carbocycles. The number of rotatable bonds is 1. The summed E-state index contributed by atoms with van der Waals surface area (Å²) in [5.41, 5.74) is 0.236. The van der Waals surface area contributed by atoms with Gasteiger partial charge in [0.05, 0.1) is 13.2 Å². The maximum Gasteiger partial charge on any atom is 0.0645 e. The monoisotopic (exact) mass is 198 g/mol. The normalized spacial score (nSPS) is 30.4. The number of nitrogens with zero attached hydrogens (tertiary/aromatic N) is 1. The zero-order valence-corrected chi connectivity index (χ0v) is 9.38. The van der Waals surface area contributed by atoms with Crippen LogP contribution in [0.2, 0.25) is 0 Å². The highest BCUT2D eigenvalue weighted by Gasteiger charge is 2.35. The minimum absolute atomic E-state index is 0.236. The number of hydrogen-bond acceptors (Lipinski definition) is 3. The van der Waals surface area contributed by atoms with E-state index in [2.05, 4.69) is 24.1 Å². The molecule has 2 aliphatic rings. The molecular weight excluding hydrogens is 176 g/mol. The topological polar surface area (TPSA) is 24.5 Å². The molecule has 2 saturated heterocycles. The maximum absolute atomic E-state index is 5.55. The maximum atomic E-state index is 5.55. The van der Waals surface area contributed by atoms with Crippen LogP contribution in [0, 0.1) is 0 Å². The Morgan fingerprint density at radius 2 is 2.00 bits per heavy atom. The van der Waals surface area contributed by atoms with Gasteiger partial charge in [0.2, 0.25) is 0 Å². The molecule has 0 radical (unpaired) electrons. The molecule has 14 heavy (non-hydrogen) atoms. The molecule has 0 atom stereocenters. The lowest BCUT2D eigenvalue weighted by molar-refractivity contribution is -0.0767. The second kappa shape index (κ2) is 4.17. The summed E-state index contributed by atoms with van der Waals surface area (Å²) in [6, 6.07) is 0.773. The fourth-order valence-electron chi connectivity index (χ4n) is 2.67. The first-order chi connectivity index (χ1) is 6.70. The summed E-state index contributed by atoms with van der Waals surface area (Å²) in [5.74, 6) is 0. The van der Waals surface area contributed by atoms with Crippen molar-refractivity contribution < 1.29 is 4.74 Å². The molecule has 3 heteroatoms. The molecule has 2 rings (SSSR count). The Balaban J connectivity index is 1.99. The first-order valence-electron chi connectivity index (χ1n) is 5.75. The van der Waals surface area contributed by atoms with E-state index in [1.807, 2.05) is 0 Å².